The number of aromatic nitrogens is 4. The van der Waals surface area contributed by atoms with Crippen molar-refractivity contribution in [2.24, 2.45) is 5.92 Å². The van der Waals surface area contributed by atoms with Crippen molar-refractivity contribution in [3.8, 4) is 22.6 Å². The SMILES string of the molecule is COc1ccc(-c2cnc3ncnn3c2N2CCCN(C(=O)C3CCCCC3)CC2)cc1OC. The Morgan fingerprint density at radius 2 is 1.76 bits per heavy atom. The van der Waals surface area contributed by atoms with Crippen LogP contribution in [0.5, 0.6) is 11.5 Å². The Morgan fingerprint density at radius 3 is 2.56 bits per heavy atom. The molecular weight excluding hydrogens is 432 g/mol. The van der Waals surface area contributed by atoms with Crippen molar-refractivity contribution >= 4 is 17.5 Å². The van der Waals surface area contributed by atoms with E-state index >= 15 is 0 Å². The molecule has 2 aliphatic rings. The minimum absolute atomic E-state index is 0.200. The van der Waals surface area contributed by atoms with Gasteiger partial charge < -0.3 is 19.3 Å². The molecule has 1 saturated heterocycles. The maximum absolute atomic E-state index is 13.2. The van der Waals surface area contributed by atoms with Crippen LogP contribution >= 0.6 is 0 Å². The average Bonchev–Trinajstić information content (AvgIpc) is 3.24. The molecule has 0 N–H and O–H groups in total. The highest BCUT2D eigenvalue weighted by Crippen LogP contribution is 2.37. The van der Waals surface area contributed by atoms with Gasteiger partial charge in [-0.05, 0) is 37.0 Å². The molecule has 9 nitrogen and oxygen atoms in total. The van der Waals surface area contributed by atoms with Crippen LogP contribution in [-0.4, -0.2) is 70.8 Å². The van der Waals surface area contributed by atoms with Crippen molar-refractivity contribution < 1.29 is 14.3 Å². The van der Waals surface area contributed by atoms with Gasteiger partial charge in [0.05, 0.1) is 14.2 Å². The van der Waals surface area contributed by atoms with E-state index in [0.29, 0.717) is 29.7 Å². The first-order valence-corrected chi connectivity index (χ1v) is 12.1. The van der Waals surface area contributed by atoms with E-state index in [-0.39, 0.29) is 5.92 Å². The minimum Gasteiger partial charge on any atom is -0.493 e. The van der Waals surface area contributed by atoms with E-state index in [9.17, 15) is 4.79 Å². The second-order valence-electron chi connectivity index (χ2n) is 9.04. The van der Waals surface area contributed by atoms with Crippen LogP contribution in [0.15, 0.2) is 30.7 Å². The summed E-state index contributed by atoms with van der Waals surface area (Å²) >= 11 is 0. The molecule has 0 bridgehead atoms. The lowest BCUT2D eigenvalue weighted by Crippen LogP contribution is -2.39. The highest BCUT2D eigenvalue weighted by molar-refractivity contribution is 5.80. The number of nitrogens with zero attached hydrogens (tertiary/aromatic N) is 6. The third-order valence-electron chi connectivity index (χ3n) is 7.04. The molecule has 1 aromatic carbocycles. The van der Waals surface area contributed by atoms with Gasteiger partial charge in [-0.25, -0.2) is 4.98 Å². The molecule has 1 saturated carbocycles. The second kappa shape index (κ2) is 9.87. The van der Waals surface area contributed by atoms with E-state index in [4.69, 9.17) is 9.47 Å². The fourth-order valence-electron chi connectivity index (χ4n) is 5.24. The van der Waals surface area contributed by atoms with Crippen LogP contribution < -0.4 is 14.4 Å². The van der Waals surface area contributed by atoms with Crippen molar-refractivity contribution in [3.05, 3.63) is 30.7 Å². The molecule has 3 aromatic rings. The number of amides is 1. The van der Waals surface area contributed by atoms with Crippen LogP contribution in [0, 0.1) is 5.92 Å². The van der Waals surface area contributed by atoms with Crippen LogP contribution in [0.4, 0.5) is 5.82 Å². The number of carbonyl (C=O) groups is 1. The van der Waals surface area contributed by atoms with E-state index in [2.05, 4.69) is 24.9 Å². The quantitative estimate of drug-likeness (QED) is 0.572. The molecule has 9 heteroatoms. The van der Waals surface area contributed by atoms with Gasteiger partial charge >= 0.3 is 0 Å². The fraction of sp³-hybridized carbons (Fsp3) is 0.520. The van der Waals surface area contributed by atoms with Crippen LogP contribution in [0.2, 0.25) is 0 Å². The van der Waals surface area contributed by atoms with Gasteiger partial charge in [-0.2, -0.15) is 14.6 Å². The zero-order chi connectivity index (χ0) is 23.5. The first kappa shape index (κ1) is 22.4. The van der Waals surface area contributed by atoms with Gasteiger partial charge in [0.2, 0.25) is 5.91 Å². The molecule has 180 valence electrons. The van der Waals surface area contributed by atoms with Gasteiger partial charge in [-0.15, -0.1) is 0 Å². The molecule has 3 heterocycles. The summed E-state index contributed by atoms with van der Waals surface area (Å²) in [5, 5.41) is 4.48. The van der Waals surface area contributed by atoms with E-state index < -0.39 is 0 Å². The zero-order valence-electron chi connectivity index (χ0n) is 19.9. The van der Waals surface area contributed by atoms with E-state index in [0.717, 1.165) is 55.8 Å². The summed E-state index contributed by atoms with van der Waals surface area (Å²) in [6.07, 6.45) is 9.95. The summed E-state index contributed by atoms with van der Waals surface area (Å²) in [5.41, 5.74) is 1.89. The molecular formula is C25H32N6O3. The normalized spacial score (nSPS) is 17.6. The number of hydrogen-bond acceptors (Lipinski definition) is 7. The van der Waals surface area contributed by atoms with Crippen molar-refractivity contribution in [1.29, 1.82) is 0 Å². The van der Waals surface area contributed by atoms with Crippen LogP contribution in [0.3, 0.4) is 0 Å². The summed E-state index contributed by atoms with van der Waals surface area (Å²) in [6, 6.07) is 5.86. The van der Waals surface area contributed by atoms with E-state index in [1.165, 1.54) is 25.6 Å². The Labute approximate surface area is 199 Å². The maximum atomic E-state index is 13.2. The molecule has 0 atom stereocenters. The summed E-state index contributed by atoms with van der Waals surface area (Å²) in [5.74, 6) is 3.35. The maximum Gasteiger partial charge on any atom is 0.254 e. The van der Waals surface area contributed by atoms with Crippen molar-refractivity contribution in [1.82, 2.24) is 24.5 Å². The summed E-state index contributed by atoms with van der Waals surface area (Å²) in [4.78, 5) is 26.4. The lowest BCUT2D eigenvalue weighted by Gasteiger charge is -2.29. The number of rotatable bonds is 5. The Morgan fingerprint density at radius 1 is 0.941 bits per heavy atom. The number of hydrogen-bond donors (Lipinski definition) is 0. The number of methoxy groups -OCH3 is 2. The summed E-state index contributed by atoms with van der Waals surface area (Å²) in [7, 11) is 3.26. The monoisotopic (exact) mass is 464 g/mol. The first-order valence-electron chi connectivity index (χ1n) is 12.1. The largest absolute Gasteiger partial charge is 0.493 e. The molecule has 1 aliphatic carbocycles. The molecule has 34 heavy (non-hydrogen) atoms. The molecule has 1 aliphatic heterocycles. The van der Waals surface area contributed by atoms with Gasteiger partial charge in [-0.3, -0.25) is 4.79 Å². The Hall–Kier alpha value is -3.36. The topological polar surface area (TPSA) is 85.1 Å². The molecule has 0 spiro atoms. The predicted octanol–water partition coefficient (Wildman–Crippen LogP) is 3.43. The Balaban J connectivity index is 1.46. The highest BCUT2D eigenvalue weighted by atomic mass is 16.5. The molecule has 0 unspecified atom stereocenters. The van der Waals surface area contributed by atoms with Gasteiger partial charge in [0.1, 0.15) is 12.1 Å². The van der Waals surface area contributed by atoms with Crippen LogP contribution in [0.25, 0.3) is 16.9 Å². The van der Waals surface area contributed by atoms with Crippen molar-refractivity contribution in [2.45, 2.75) is 38.5 Å². The van der Waals surface area contributed by atoms with Crippen molar-refractivity contribution in [2.75, 3.05) is 45.3 Å². The second-order valence-corrected chi connectivity index (χ2v) is 9.04. The minimum atomic E-state index is 0.200. The average molecular weight is 465 g/mol. The number of ether oxygens (including phenoxy) is 2. The van der Waals surface area contributed by atoms with Gasteiger partial charge in [0.25, 0.3) is 5.78 Å². The standard InChI is InChI=1S/C25H32N6O3/c1-33-21-10-9-19(15-22(21)34-2)20-16-26-25-27-17-28-31(25)23(20)29-11-6-12-30(14-13-29)24(32)18-7-4-3-5-8-18/h9-10,15-18H,3-8,11-14H2,1-2H3. The Bertz CT molecular complexity index is 1160. The van der Waals surface area contributed by atoms with Crippen LogP contribution in [0.1, 0.15) is 38.5 Å². The van der Waals surface area contributed by atoms with E-state index in [1.807, 2.05) is 24.4 Å². The fourth-order valence-corrected chi connectivity index (χ4v) is 5.24. The van der Waals surface area contributed by atoms with Crippen LogP contribution in [-0.2, 0) is 4.79 Å². The molecule has 2 aromatic heterocycles. The lowest BCUT2D eigenvalue weighted by atomic mass is 9.88. The smallest absolute Gasteiger partial charge is 0.254 e. The van der Waals surface area contributed by atoms with Crippen molar-refractivity contribution in [3.63, 3.8) is 0 Å². The number of fused-ring (bicyclic) bond motifs is 1. The highest BCUT2D eigenvalue weighted by Gasteiger charge is 2.29. The number of anilines is 1. The Kier molecular flexibility index (Phi) is 6.51. The number of carbonyl (C=O) groups excluding carboxylic acids is 1. The molecule has 5 rings (SSSR count). The third kappa shape index (κ3) is 4.26. The van der Waals surface area contributed by atoms with E-state index in [1.54, 1.807) is 18.7 Å². The van der Waals surface area contributed by atoms with Gasteiger partial charge in [0, 0.05) is 43.9 Å². The van der Waals surface area contributed by atoms with Gasteiger partial charge in [-0.1, -0.05) is 25.3 Å². The summed E-state index contributed by atoms with van der Waals surface area (Å²) < 4.78 is 12.7. The zero-order valence-corrected chi connectivity index (χ0v) is 19.9. The molecule has 1 amide bonds. The lowest BCUT2D eigenvalue weighted by molar-refractivity contribution is -0.136. The third-order valence-corrected chi connectivity index (χ3v) is 7.04. The first-order chi connectivity index (χ1) is 16.7. The predicted molar refractivity (Wildman–Crippen MR) is 129 cm³/mol. The molecule has 2 fully saturated rings. The van der Waals surface area contributed by atoms with Gasteiger partial charge in [0.15, 0.2) is 11.5 Å². The number of benzene rings is 1. The molecule has 0 radical (unpaired) electrons. The summed E-state index contributed by atoms with van der Waals surface area (Å²) in [6.45, 7) is 3.06.